The Kier molecular flexibility index (Phi) is 7.16. The van der Waals surface area contributed by atoms with Gasteiger partial charge in [-0.1, -0.05) is 18.7 Å². The Labute approximate surface area is 172 Å². The molecule has 0 saturated heterocycles. The minimum atomic E-state index is -7.13. The van der Waals surface area contributed by atoms with E-state index in [0.717, 1.165) is 12.1 Å². The van der Waals surface area contributed by atoms with E-state index in [1.807, 2.05) is 0 Å². The molecule has 1 atom stereocenters. The number of benzene rings is 1. The van der Waals surface area contributed by atoms with Crippen LogP contribution in [0.3, 0.4) is 0 Å². The van der Waals surface area contributed by atoms with E-state index in [2.05, 4.69) is 16.1 Å². The molecule has 2 N–H and O–H groups in total. The Hall–Kier alpha value is -2.33. The van der Waals surface area contributed by atoms with Gasteiger partial charge in [0, 0.05) is 5.57 Å². The Morgan fingerprint density at radius 3 is 1.87 bits per heavy atom. The van der Waals surface area contributed by atoms with Crippen molar-refractivity contribution in [1.82, 2.24) is 5.32 Å². The van der Waals surface area contributed by atoms with Crippen LogP contribution in [0.1, 0.15) is 25.5 Å². The first kappa shape index (κ1) is 26.7. The summed E-state index contributed by atoms with van der Waals surface area (Å²) in [6.45, 7) is 6.27. The second-order valence-electron chi connectivity index (χ2n) is 6.16. The largest absolute Gasteiger partial charge is 0.450 e. The van der Waals surface area contributed by atoms with Crippen LogP contribution in [0.2, 0.25) is 0 Å². The molecule has 0 aliphatic rings. The van der Waals surface area contributed by atoms with E-state index in [1.165, 1.54) is 13.8 Å². The topological polar surface area (TPSA) is 127 Å². The molecule has 0 radical (unpaired) electrons. The number of carbonyl (C=O) groups excluding carboxylic acids is 1. The van der Waals surface area contributed by atoms with Gasteiger partial charge in [0.25, 0.3) is 0 Å². The van der Waals surface area contributed by atoms with Gasteiger partial charge >= 0.3 is 36.7 Å². The summed E-state index contributed by atoms with van der Waals surface area (Å²) in [4.78, 5) is 11.5. The first-order valence-electron chi connectivity index (χ1n) is 7.80. The van der Waals surface area contributed by atoms with E-state index >= 15 is 0 Å². The monoisotopic (exact) mass is 499 g/mol. The summed E-state index contributed by atoms with van der Waals surface area (Å²) in [5, 5.41) is -11.2. The number of hydrogen-bond acceptors (Lipinski definition) is 6. The van der Waals surface area contributed by atoms with Crippen molar-refractivity contribution in [2.75, 3.05) is 0 Å². The molecule has 1 amide bonds. The van der Waals surface area contributed by atoms with E-state index in [9.17, 15) is 48.0 Å². The second kappa shape index (κ2) is 8.31. The van der Waals surface area contributed by atoms with Crippen LogP contribution < -0.4 is 9.50 Å². The lowest BCUT2D eigenvalue weighted by molar-refractivity contribution is -0.247. The molecule has 31 heavy (non-hydrogen) atoms. The van der Waals surface area contributed by atoms with Crippen LogP contribution >= 0.6 is 0 Å². The zero-order valence-corrected chi connectivity index (χ0v) is 17.2. The number of carbonyl (C=O) groups is 1. The number of rotatable bonds is 9. The molecule has 1 aromatic carbocycles. The Balaban J connectivity index is 3.19. The number of halogens is 6. The number of hydrogen-bond donors (Lipinski definition) is 2. The number of alkyl halides is 6. The van der Waals surface area contributed by atoms with E-state index in [1.54, 1.807) is 0 Å². The van der Waals surface area contributed by atoms with Gasteiger partial charge in [-0.3, -0.25) is 9.35 Å². The van der Waals surface area contributed by atoms with Crippen molar-refractivity contribution >= 4 is 26.1 Å². The third kappa shape index (κ3) is 4.95. The third-order valence-corrected chi connectivity index (χ3v) is 5.89. The van der Waals surface area contributed by atoms with Crippen molar-refractivity contribution in [2.24, 2.45) is 0 Å². The Bertz CT molecular complexity index is 1070. The van der Waals surface area contributed by atoms with Crippen LogP contribution in [0, 0.1) is 0 Å². The molecule has 0 heterocycles. The molecule has 1 aromatic rings. The molecule has 0 saturated carbocycles. The van der Waals surface area contributed by atoms with Crippen molar-refractivity contribution in [3.05, 3.63) is 42.0 Å². The van der Waals surface area contributed by atoms with Crippen LogP contribution in [0.25, 0.3) is 0 Å². The third-order valence-electron chi connectivity index (χ3n) is 3.69. The zero-order chi connectivity index (χ0) is 24.6. The van der Waals surface area contributed by atoms with E-state index in [4.69, 9.17) is 4.55 Å². The fraction of sp³-hybridized carbons (Fsp3) is 0.400. The Morgan fingerprint density at radius 1 is 1.03 bits per heavy atom. The van der Waals surface area contributed by atoms with Gasteiger partial charge in [0.15, 0.2) is 0 Å². The van der Waals surface area contributed by atoms with Crippen LogP contribution in [-0.4, -0.2) is 43.7 Å². The van der Waals surface area contributed by atoms with E-state index < -0.39 is 54.4 Å². The molecule has 0 aliphatic carbocycles. The maximum absolute atomic E-state index is 13.7. The fourth-order valence-corrected chi connectivity index (χ4v) is 3.31. The molecule has 0 aliphatic heterocycles. The molecule has 176 valence electrons. The van der Waals surface area contributed by atoms with Crippen molar-refractivity contribution in [3.63, 3.8) is 0 Å². The molecule has 0 bridgehead atoms. The minimum absolute atomic E-state index is 0.155. The highest BCUT2D eigenvalue weighted by Gasteiger charge is 2.83. The molecule has 16 heteroatoms. The standard InChI is InChI=1S/C15H15F6NO7S2/c1-8(2)12(23)22-9(3)10-4-6-11(7-5-10)29-31(27,28)15(20,21)13(16,17)14(18,19)30(24,25)26/h4-7,9H,1H2,2-3H3,(H,22,23)(H,24,25,26). The number of nitrogens with one attached hydrogen (secondary N) is 1. The predicted molar refractivity (Wildman–Crippen MR) is 93.8 cm³/mol. The predicted octanol–water partition coefficient (Wildman–Crippen LogP) is 2.86. The maximum Gasteiger partial charge on any atom is 0.450 e. The van der Waals surface area contributed by atoms with Gasteiger partial charge < -0.3 is 9.50 Å². The van der Waals surface area contributed by atoms with Gasteiger partial charge in [0.1, 0.15) is 5.75 Å². The summed E-state index contributed by atoms with van der Waals surface area (Å²) in [6.07, 6.45) is 0. The van der Waals surface area contributed by atoms with Crippen LogP contribution in [0.5, 0.6) is 5.75 Å². The Morgan fingerprint density at radius 2 is 1.48 bits per heavy atom. The highest BCUT2D eigenvalue weighted by Crippen LogP contribution is 2.50. The van der Waals surface area contributed by atoms with E-state index in [-0.39, 0.29) is 11.1 Å². The lowest BCUT2D eigenvalue weighted by Crippen LogP contribution is -2.61. The lowest BCUT2D eigenvalue weighted by atomic mass is 10.1. The smallest absolute Gasteiger partial charge is 0.378 e. The summed E-state index contributed by atoms with van der Waals surface area (Å²) in [7, 11) is -14.0. The van der Waals surface area contributed by atoms with Gasteiger partial charge in [0.2, 0.25) is 5.91 Å². The molecular formula is C15H15F6NO7S2. The van der Waals surface area contributed by atoms with Crippen molar-refractivity contribution in [1.29, 1.82) is 0 Å². The quantitative estimate of drug-likeness (QED) is 0.232. The van der Waals surface area contributed by atoms with Gasteiger partial charge in [0.05, 0.1) is 6.04 Å². The molecule has 0 spiro atoms. The summed E-state index contributed by atoms with van der Waals surface area (Å²) >= 11 is 0. The average molecular weight is 499 g/mol. The van der Waals surface area contributed by atoms with Crippen LogP contribution in [-0.2, 0) is 25.0 Å². The van der Waals surface area contributed by atoms with Crippen molar-refractivity contribution in [2.45, 2.75) is 36.3 Å². The summed E-state index contributed by atoms with van der Waals surface area (Å²) in [5.41, 5.74) is 0.428. The molecular weight excluding hydrogens is 484 g/mol. The van der Waals surface area contributed by atoms with Crippen molar-refractivity contribution < 1.29 is 56.7 Å². The van der Waals surface area contributed by atoms with Crippen LogP contribution in [0.4, 0.5) is 26.3 Å². The first-order chi connectivity index (χ1) is 13.7. The molecule has 0 aromatic heterocycles. The van der Waals surface area contributed by atoms with Gasteiger partial charge in [-0.05, 0) is 31.5 Å². The van der Waals surface area contributed by atoms with Gasteiger partial charge in [-0.25, -0.2) is 0 Å². The average Bonchev–Trinajstić information content (AvgIpc) is 2.60. The second-order valence-corrected chi connectivity index (χ2v) is 9.22. The van der Waals surface area contributed by atoms with E-state index in [0.29, 0.717) is 12.1 Å². The first-order valence-corrected chi connectivity index (χ1v) is 10.6. The highest BCUT2D eigenvalue weighted by atomic mass is 32.2. The summed E-state index contributed by atoms with van der Waals surface area (Å²) < 4.78 is 136. The maximum atomic E-state index is 13.7. The SMILES string of the molecule is C=C(C)C(=O)NC(C)c1ccc(OS(=O)(=O)C(F)(F)C(F)(F)C(F)(F)S(=O)(=O)O)cc1. The highest BCUT2D eigenvalue weighted by molar-refractivity contribution is 7.88. The van der Waals surface area contributed by atoms with Gasteiger partial charge in [-0.2, -0.15) is 43.2 Å². The molecule has 1 unspecified atom stereocenters. The normalized spacial score (nSPS) is 14.6. The lowest BCUT2D eigenvalue weighted by Gasteiger charge is -2.29. The molecule has 1 rings (SSSR count). The van der Waals surface area contributed by atoms with Gasteiger partial charge in [-0.15, -0.1) is 0 Å². The summed E-state index contributed by atoms with van der Waals surface area (Å²) in [6, 6.07) is 2.75. The summed E-state index contributed by atoms with van der Waals surface area (Å²) in [5.74, 6) is -8.67. The number of amides is 1. The molecule has 0 fully saturated rings. The zero-order valence-electron chi connectivity index (χ0n) is 15.6. The minimum Gasteiger partial charge on any atom is -0.378 e. The van der Waals surface area contributed by atoms with Crippen LogP contribution in [0.15, 0.2) is 36.4 Å². The van der Waals surface area contributed by atoms with Crippen molar-refractivity contribution in [3.8, 4) is 5.75 Å². The fourth-order valence-electron chi connectivity index (χ4n) is 1.88. The molecule has 8 nitrogen and oxygen atoms in total.